The molecule has 1 N–H and O–H groups in total. The van der Waals surface area contributed by atoms with Crippen molar-refractivity contribution in [2.45, 2.75) is 30.2 Å². The second-order valence-corrected chi connectivity index (χ2v) is 11.2. The Kier molecular flexibility index (Phi) is 6.03. The topological polar surface area (TPSA) is 92.5 Å². The predicted octanol–water partition coefficient (Wildman–Crippen LogP) is 4.55. The number of allylic oxidation sites excluding steroid dienone is 4. The minimum atomic E-state index is -3.87. The van der Waals surface area contributed by atoms with Gasteiger partial charge in [-0.2, -0.15) is 9.40 Å². The number of aromatic nitrogens is 2. The summed E-state index contributed by atoms with van der Waals surface area (Å²) in [5, 5.41) is 14.8. The van der Waals surface area contributed by atoms with Gasteiger partial charge in [0.15, 0.2) is 0 Å². The van der Waals surface area contributed by atoms with Crippen LogP contribution in [0, 0.1) is 11.7 Å². The maximum atomic E-state index is 15.2. The van der Waals surface area contributed by atoms with Gasteiger partial charge >= 0.3 is 5.97 Å². The fourth-order valence-corrected chi connectivity index (χ4v) is 7.02. The maximum absolute atomic E-state index is 15.2. The van der Waals surface area contributed by atoms with Crippen LogP contribution in [0.3, 0.4) is 0 Å². The van der Waals surface area contributed by atoms with Crippen molar-refractivity contribution in [2.75, 3.05) is 13.1 Å². The van der Waals surface area contributed by atoms with Crippen LogP contribution in [0.25, 0.3) is 10.9 Å². The zero-order chi connectivity index (χ0) is 24.9. The largest absolute Gasteiger partial charge is 0.481 e. The third kappa shape index (κ3) is 4.07. The lowest BCUT2D eigenvalue weighted by atomic mass is 9.96. The van der Waals surface area contributed by atoms with E-state index in [-0.39, 0.29) is 41.3 Å². The van der Waals surface area contributed by atoms with Crippen molar-refractivity contribution >= 4 is 38.5 Å². The van der Waals surface area contributed by atoms with Crippen LogP contribution in [-0.4, -0.2) is 46.7 Å². The van der Waals surface area contributed by atoms with Gasteiger partial charge in [-0.3, -0.25) is 9.48 Å². The Morgan fingerprint density at radius 1 is 1.17 bits per heavy atom. The minimum Gasteiger partial charge on any atom is -0.481 e. The number of carbonyl (C=O) groups is 1. The molecule has 1 aromatic heterocycles. The molecule has 0 unspecified atom stereocenters. The number of halogens is 2. The van der Waals surface area contributed by atoms with Crippen LogP contribution >= 0.6 is 11.6 Å². The van der Waals surface area contributed by atoms with E-state index in [1.807, 2.05) is 31.2 Å². The molecule has 1 saturated heterocycles. The molecule has 35 heavy (non-hydrogen) atoms. The van der Waals surface area contributed by atoms with Crippen molar-refractivity contribution in [1.82, 2.24) is 14.1 Å². The first-order chi connectivity index (χ1) is 16.7. The highest BCUT2D eigenvalue weighted by Gasteiger charge is 2.40. The molecule has 2 heterocycles. The predicted molar refractivity (Wildman–Crippen MR) is 130 cm³/mol. The van der Waals surface area contributed by atoms with Crippen LogP contribution in [0.2, 0.25) is 5.02 Å². The molecule has 0 amide bonds. The van der Waals surface area contributed by atoms with Gasteiger partial charge in [0.25, 0.3) is 0 Å². The van der Waals surface area contributed by atoms with Gasteiger partial charge in [0.05, 0.1) is 28.7 Å². The van der Waals surface area contributed by atoms with Crippen LogP contribution in [0.1, 0.15) is 30.1 Å². The Morgan fingerprint density at radius 3 is 2.57 bits per heavy atom. The third-order valence-corrected chi connectivity index (χ3v) is 8.97. The number of carboxylic acids is 1. The van der Waals surface area contributed by atoms with Crippen LogP contribution in [-0.2, 0) is 21.2 Å². The van der Waals surface area contributed by atoms with E-state index < -0.39 is 27.9 Å². The van der Waals surface area contributed by atoms with E-state index in [1.54, 1.807) is 22.9 Å². The number of hydrogen-bond acceptors (Lipinski definition) is 4. The Balaban J connectivity index is 1.63. The fourth-order valence-electron chi connectivity index (χ4n) is 4.97. The van der Waals surface area contributed by atoms with Crippen LogP contribution in [0.15, 0.2) is 65.6 Å². The summed E-state index contributed by atoms with van der Waals surface area (Å²) in [4.78, 5) is 11.6. The van der Waals surface area contributed by atoms with Gasteiger partial charge in [-0.15, -0.1) is 0 Å². The molecule has 10 heteroatoms. The number of nitrogens with zero attached hydrogens (tertiary/aromatic N) is 3. The van der Waals surface area contributed by atoms with E-state index in [1.165, 1.54) is 22.5 Å². The number of sulfonamides is 1. The van der Waals surface area contributed by atoms with Gasteiger partial charge in [0, 0.05) is 30.0 Å². The smallest absolute Gasteiger partial charge is 0.309 e. The highest BCUT2D eigenvalue weighted by atomic mass is 35.5. The Morgan fingerprint density at radius 2 is 1.89 bits per heavy atom. The molecular weight excluding hydrogens is 493 g/mol. The molecule has 1 aliphatic carbocycles. The van der Waals surface area contributed by atoms with E-state index in [0.29, 0.717) is 22.2 Å². The maximum Gasteiger partial charge on any atom is 0.309 e. The van der Waals surface area contributed by atoms with Gasteiger partial charge in [0.1, 0.15) is 10.7 Å². The SMILES string of the molecule is C[C@@H]1CN(S(=O)(=O)c2ccccc2Cl)C[C@@H]1n1nc(CC(=O)O)c2ccc(F)c(C3C=CC=C3)c21. The van der Waals surface area contributed by atoms with Crippen molar-refractivity contribution in [1.29, 1.82) is 0 Å². The summed E-state index contributed by atoms with van der Waals surface area (Å²) >= 11 is 6.18. The van der Waals surface area contributed by atoms with Crippen molar-refractivity contribution < 1.29 is 22.7 Å². The number of carboxylic acid groups (broad SMARTS) is 1. The molecule has 3 aromatic rings. The van der Waals surface area contributed by atoms with E-state index in [9.17, 15) is 18.3 Å². The molecule has 5 rings (SSSR count). The lowest BCUT2D eigenvalue weighted by Crippen LogP contribution is -2.29. The molecule has 0 spiro atoms. The lowest BCUT2D eigenvalue weighted by molar-refractivity contribution is -0.136. The molecule has 182 valence electrons. The quantitative estimate of drug-likeness (QED) is 0.520. The lowest BCUT2D eigenvalue weighted by Gasteiger charge is -2.20. The van der Waals surface area contributed by atoms with Gasteiger partial charge in [-0.25, -0.2) is 12.8 Å². The van der Waals surface area contributed by atoms with E-state index in [4.69, 9.17) is 11.6 Å². The molecule has 2 aromatic carbocycles. The molecule has 1 fully saturated rings. The Bertz CT molecular complexity index is 1490. The number of fused-ring (bicyclic) bond motifs is 1. The highest BCUT2D eigenvalue weighted by molar-refractivity contribution is 7.89. The number of aliphatic carboxylic acids is 1. The molecule has 0 bridgehead atoms. The van der Waals surface area contributed by atoms with Gasteiger partial charge in [-0.05, 0) is 30.2 Å². The Labute approximate surface area is 207 Å². The second kappa shape index (κ2) is 8.89. The van der Waals surface area contributed by atoms with Crippen molar-refractivity contribution in [3.8, 4) is 0 Å². The van der Waals surface area contributed by atoms with Crippen LogP contribution in [0.4, 0.5) is 4.39 Å². The molecule has 2 aliphatic rings. The average Bonchev–Trinajstić information content (AvgIpc) is 3.53. The minimum absolute atomic E-state index is 0.0272. The van der Waals surface area contributed by atoms with Crippen molar-refractivity contribution in [3.63, 3.8) is 0 Å². The number of rotatable bonds is 6. The monoisotopic (exact) mass is 515 g/mol. The highest BCUT2D eigenvalue weighted by Crippen LogP contribution is 2.39. The summed E-state index contributed by atoms with van der Waals surface area (Å²) in [6, 6.07) is 8.74. The summed E-state index contributed by atoms with van der Waals surface area (Å²) in [5.74, 6) is -1.97. The van der Waals surface area contributed by atoms with Gasteiger partial charge in [0.2, 0.25) is 10.0 Å². The normalized spacial score (nSPS) is 20.9. The van der Waals surface area contributed by atoms with Crippen molar-refractivity contribution in [3.05, 3.63) is 82.8 Å². The first-order valence-corrected chi connectivity index (χ1v) is 13.0. The first-order valence-electron chi connectivity index (χ1n) is 11.2. The summed E-state index contributed by atoms with van der Waals surface area (Å²) in [6.45, 7) is 2.23. The molecule has 1 aliphatic heterocycles. The summed E-state index contributed by atoms with van der Waals surface area (Å²) in [7, 11) is -3.87. The van der Waals surface area contributed by atoms with Gasteiger partial charge in [-0.1, -0.05) is 55.0 Å². The molecular formula is C25H23ClFN3O4S. The molecule has 7 nitrogen and oxygen atoms in total. The van der Waals surface area contributed by atoms with Crippen LogP contribution < -0.4 is 0 Å². The third-order valence-electron chi connectivity index (χ3n) is 6.64. The summed E-state index contributed by atoms with van der Waals surface area (Å²) in [6.07, 6.45) is 7.06. The van der Waals surface area contributed by atoms with E-state index in [0.717, 1.165) is 0 Å². The first kappa shape index (κ1) is 23.7. The molecule has 2 atom stereocenters. The van der Waals surface area contributed by atoms with E-state index >= 15 is 4.39 Å². The molecule has 0 saturated carbocycles. The average molecular weight is 516 g/mol. The summed E-state index contributed by atoms with van der Waals surface area (Å²) < 4.78 is 44.9. The Hall–Kier alpha value is -3.01. The number of benzene rings is 2. The molecule has 0 radical (unpaired) electrons. The van der Waals surface area contributed by atoms with E-state index in [2.05, 4.69) is 5.10 Å². The zero-order valence-corrected chi connectivity index (χ0v) is 20.4. The van der Waals surface area contributed by atoms with Gasteiger partial charge < -0.3 is 5.11 Å². The second-order valence-electron chi connectivity index (χ2n) is 8.91. The number of hydrogen-bond donors (Lipinski definition) is 1. The standard InChI is InChI=1S/C25H23ClFN3O4S/c1-15-13-29(35(33,34)22-9-5-4-8-18(22)26)14-21(15)30-25-17(20(28-30)12-23(31)32)10-11-19(27)24(25)16-6-2-3-7-16/h2-11,15-16,21H,12-14H2,1H3,(H,31,32)/t15-,21+/m1/s1. The zero-order valence-electron chi connectivity index (χ0n) is 18.8. The summed E-state index contributed by atoms with van der Waals surface area (Å²) in [5.41, 5.74) is 1.21. The van der Waals surface area contributed by atoms with Crippen molar-refractivity contribution in [2.24, 2.45) is 5.92 Å². The van der Waals surface area contributed by atoms with Crippen LogP contribution in [0.5, 0.6) is 0 Å². The fraction of sp³-hybridized carbons (Fsp3) is 0.280.